The maximum absolute atomic E-state index is 5.99. The summed E-state index contributed by atoms with van der Waals surface area (Å²) in [6.07, 6.45) is 19.6. The van der Waals surface area contributed by atoms with Crippen LogP contribution < -0.4 is 14.6 Å². The molecule has 1 aliphatic carbocycles. The van der Waals surface area contributed by atoms with E-state index < -0.39 is 0 Å². The van der Waals surface area contributed by atoms with Gasteiger partial charge in [-0.2, -0.15) is 0 Å². The molecule has 1 N–H and O–H groups in total. The highest BCUT2D eigenvalue weighted by molar-refractivity contribution is 8.09. The predicted octanol–water partition coefficient (Wildman–Crippen LogP) is 8.91. The van der Waals surface area contributed by atoms with Gasteiger partial charge in [0.25, 0.3) is 0 Å². The van der Waals surface area contributed by atoms with Gasteiger partial charge in [-0.1, -0.05) is 95.4 Å². The van der Waals surface area contributed by atoms with E-state index in [0.29, 0.717) is 0 Å². The number of hydrogen-bond donors (Lipinski definition) is 1. The number of unbranched alkanes of at least 4 members (excludes halogenated alkanes) is 5. The van der Waals surface area contributed by atoms with Gasteiger partial charge in [0.2, 0.25) is 0 Å². The van der Waals surface area contributed by atoms with Gasteiger partial charge in [0.1, 0.15) is 5.75 Å². The molecule has 4 heteroatoms. The zero-order valence-electron chi connectivity index (χ0n) is 20.9. The fourth-order valence-electron chi connectivity index (χ4n) is 5.00. The number of hydrogen-bond acceptors (Lipinski definition) is 4. The van der Waals surface area contributed by atoms with Crippen molar-refractivity contribution in [3.63, 3.8) is 0 Å². The maximum atomic E-state index is 5.99. The molecule has 1 aliphatic heterocycles. The van der Waals surface area contributed by atoms with Crippen molar-refractivity contribution >= 4 is 22.5 Å². The second-order valence-corrected chi connectivity index (χ2v) is 10.9. The first-order valence-electron chi connectivity index (χ1n) is 13.6. The summed E-state index contributed by atoms with van der Waals surface area (Å²) in [6, 6.07) is 17.5. The fraction of sp³-hybridized carbons (Fsp3) is 0.533. The largest absolute Gasteiger partial charge is 0.494 e. The lowest BCUT2D eigenvalue weighted by Gasteiger charge is -2.17. The van der Waals surface area contributed by atoms with E-state index in [1.807, 2.05) is 0 Å². The minimum Gasteiger partial charge on any atom is -0.494 e. The third-order valence-corrected chi connectivity index (χ3v) is 8.18. The van der Waals surface area contributed by atoms with Gasteiger partial charge in [-0.3, -0.25) is 5.43 Å². The zero-order valence-corrected chi connectivity index (χ0v) is 21.8. The molecular weight excluding hydrogens is 436 g/mol. The summed E-state index contributed by atoms with van der Waals surface area (Å²) in [5.41, 5.74) is 7.23. The van der Waals surface area contributed by atoms with Gasteiger partial charge in [0, 0.05) is 18.1 Å². The minimum absolute atomic E-state index is 0.825. The first-order chi connectivity index (χ1) is 16.8. The topological polar surface area (TPSA) is 24.5 Å². The molecule has 0 aromatic heterocycles. The van der Waals surface area contributed by atoms with E-state index in [9.17, 15) is 0 Å². The highest BCUT2D eigenvalue weighted by atomic mass is 32.2. The highest BCUT2D eigenvalue weighted by Gasteiger charge is 2.17. The lowest BCUT2D eigenvalue weighted by molar-refractivity contribution is 0.302. The Bertz CT molecular complexity index is 872. The van der Waals surface area contributed by atoms with Gasteiger partial charge >= 0.3 is 0 Å². The van der Waals surface area contributed by atoms with E-state index in [-0.39, 0.29) is 0 Å². The van der Waals surface area contributed by atoms with Crippen LogP contribution in [-0.4, -0.2) is 6.61 Å². The van der Waals surface area contributed by atoms with Crippen molar-refractivity contribution in [1.29, 1.82) is 0 Å². The van der Waals surface area contributed by atoms with Crippen molar-refractivity contribution in [2.24, 2.45) is 5.92 Å². The number of nitrogens with zero attached hydrogens (tertiary/aromatic N) is 1. The normalized spacial score (nSPS) is 16.0. The van der Waals surface area contributed by atoms with Gasteiger partial charge < -0.3 is 4.74 Å². The van der Waals surface area contributed by atoms with Crippen molar-refractivity contribution in [2.45, 2.75) is 90.4 Å². The van der Waals surface area contributed by atoms with Gasteiger partial charge in [-0.15, -0.1) is 0 Å². The Balaban J connectivity index is 1.15. The van der Waals surface area contributed by atoms with Crippen LogP contribution in [0.1, 0.15) is 95.1 Å². The summed E-state index contributed by atoms with van der Waals surface area (Å²) in [5, 5.41) is 0. The predicted molar refractivity (Wildman–Crippen MR) is 148 cm³/mol. The van der Waals surface area contributed by atoms with E-state index in [1.165, 1.54) is 98.8 Å². The Morgan fingerprint density at radius 1 is 0.882 bits per heavy atom. The monoisotopic (exact) mass is 478 g/mol. The summed E-state index contributed by atoms with van der Waals surface area (Å²) < 4.78 is 8.12. The second-order valence-electron chi connectivity index (χ2n) is 9.87. The number of anilines is 1. The minimum atomic E-state index is 0.825. The molecular formula is C30H42N2OS. The van der Waals surface area contributed by atoms with E-state index in [2.05, 4.69) is 71.5 Å². The molecule has 0 radical (unpaired) electrons. The molecule has 0 bridgehead atoms. The Morgan fingerprint density at radius 3 is 2.41 bits per heavy atom. The van der Waals surface area contributed by atoms with Gasteiger partial charge in [0.15, 0.2) is 0 Å². The van der Waals surface area contributed by atoms with E-state index in [4.69, 9.17) is 4.74 Å². The lowest BCUT2D eigenvalue weighted by Crippen LogP contribution is -2.22. The number of rotatable bonds is 14. The second kappa shape index (κ2) is 13.7. The number of nitrogens with one attached hydrogen (secondary N) is 1. The van der Waals surface area contributed by atoms with Crippen LogP contribution in [0, 0.1) is 5.92 Å². The number of ether oxygens (including phenoxy) is 1. The molecule has 0 spiro atoms. The van der Waals surface area contributed by atoms with Crippen LogP contribution >= 0.6 is 11.9 Å². The summed E-state index contributed by atoms with van der Waals surface area (Å²) in [7, 11) is 0. The van der Waals surface area contributed by atoms with Gasteiger partial charge in [-0.25, -0.2) is 4.41 Å². The summed E-state index contributed by atoms with van der Waals surface area (Å²) in [4.78, 5) is 1.22. The van der Waals surface area contributed by atoms with Crippen molar-refractivity contribution < 1.29 is 4.74 Å². The standard InChI is InChI=1S/C30H42N2OS/c1-2-3-4-6-12-26-15-19-28(20-16-26)32-31-24-30(34-32)27-17-21-29(22-18-27)33-23-10-5-7-11-25-13-8-9-14-25/h15-22,24-25,31H,2-14,23H2,1H3. The van der Waals surface area contributed by atoms with E-state index in [0.717, 1.165) is 24.7 Å². The summed E-state index contributed by atoms with van der Waals surface area (Å²) in [6.45, 7) is 3.09. The van der Waals surface area contributed by atoms with E-state index >= 15 is 0 Å². The molecule has 1 heterocycles. The summed E-state index contributed by atoms with van der Waals surface area (Å²) >= 11 is 1.73. The van der Waals surface area contributed by atoms with Gasteiger partial charge in [-0.05, 0) is 60.6 Å². The number of benzene rings is 2. The average molecular weight is 479 g/mol. The molecule has 0 saturated heterocycles. The quantitative estimate of drug-likeness (QED) is 0.216. The molecule has 2 aromatic carbocycles. The Labute approximate surface area is 211 Å². The van der Waals surface area contributed by atoms with Crippen LogP contribution in [-0.2, 0) is 6.42 Å². The molecule has 0 unspecified atom stereocenters. The molecule has 3 nitrogen and oxygen atoms in total. The average Bonchev–Trinajstić information content (AvgIpc) is 3.58. The zero-order chi connectivity index (χ0) is 23.4. The lowest BCUT2D eigenvalue weighted by atomic mass is 10.0. The third-order valence-electron chi connectivity index (χ3n) is 7.13. The number of hydrazine groups is 1. The van der Waals surface area contributed by atoms with Crippen LogP contribution in [0.25, 0.3) is 4.91 Å². The highest BCUT2D eigenvalue weighted by Crippen LogP contribution is 2.37. The van der Waals surface area contributed by atoms with E-state index in [1.54, 1.807) is 11.9 Å². The van der Waals surface area contributed by atoms with Crippen LogP contribution in [0.15, 0.2) is 54.7 Å². The maximum Gasteiger partial charge on any atom is 0.119 e. The molecule has 0 amide bonds. The third kappa shape index (κ3) is 7.73. The number of aryl methyl sites for hydroxylation is 1. The molecule has 4 rings (SSSR count). The smallest absolute Gasteiger partial charge is 0.119 e. The van der Waals surface area contributed by atoms with Crippen LogP contribution in [0.5, 0.6) is 5.75 Å². The van der Waals surface area contributed by atoms with Crippen LogP contribution in [0.3, 0.4) is 0 Å². The SMILES string of the molecule is CCCCCCc1ccc(N2NC=C(c3ccc(OCCCCCC4CCCC4)cc3)S2)cc1. The van der Waals surface area contributed by atoms with Crippen molar-refractivity contribution in [3.8, 4) is 5.75 Å². The molecule has 0 atom stereocenters. The first kappa shape index (κ1) is 25.0. The molecule has 2 aliphatic rings. The fourth-order valence-corrected chi connectivity index (χ4v) is 5.88. The van der Waals surface area contributed by atoms with Crippen molar-refractivity contribution in [2.75, 3.05) is 11.0 Å². The molecule has 1 fully saturated rings. The summed E-state index contributed by atoms with van der Waals surface area (Å²) in [5.74, 6) is 1.99. The molecule has 2 aromatic rings. The molecule has 184 valence electrons. The molecule has 1 saturated carbocycles. The molecule has 34 heavy (non-hydrogen) atoms. The Kier molecular flexibility index (Phi) is 10.1. The van der Waals surface area contributed by atoms with Crippen molar-refractivity contribution in [3.05, 3.63) is 65.9 Å². The Hall–Kier alpha value is -2.07. The Morgan fingerprint density at radius 2 is 1.65 bits per heavy atom. The first-order valence-corrected chi connectivity index (χ1v) is 14.4. The van der Waals surface area contributed by atoms with Crippen LogP contribution in [0.2, 0.25) is 0 Å². The van der Waals surface area contributed by atoms with Crippen LogP contribution in [0.4, 0.5) is 5.69 Å². The van der Waals surface area contributed by atoms with Crippen molar-refractivity contribution in [1.82, 2.24) is 5.43 Å². The van der Waals surface area contributed by atoms with Gasteiger partial charge in [0.05, 0.1) is 17.2 Å².